The van der Waals surface area contributed by atoms with Crippen molar-refractivity contribution in [2.75, 3.05) is 11.9 Å². The lowest BCUT2D eigenvalue weighted by Gasteiger charge is -2.19. The SMILES string of the molecule is O=C(N[C@@H](Cc1ccccc1)C(=O)CBr)OCC1c2ccccc2-c2ccccc21. The number of amides is 1. The van der Waals surface area contributed by atoms with Gasteiger partial charge in [0.2, 0.25) is 0 Å². The quantitative estimate of drug-likeness (QED) is 0.495. The van der Waals surface area contributed by atoms with Gasteiger partial charge >= 0.3 is 6.09 Å². The molecule has 5 heteroatoms. The Morgan fingerprint density at radius 3 is 2.03 bits per heavy atom. The molecule has 1 aliphatic carbocycles. The Balaban J connectivity index is 1.44. The summed E-state index contributed by atoms with van der Waals surface area (Å²) in [5, 5.41) is 2.92. The van der Waals surface area contributed by atoms with Gasteiger partial charge < -0.3 is 10.1 Å². The van der Waals surface area contributed by atoms with Gasteiger partial charge in [0.15, 0.2) is 5.78 Å². The number of halogens is 1. The van der Waals surface area contributed by atoms with Gasteiger partial charge in [0.25, 0.3) is 0 Å². The standard InChI is InChI=1S/C25H22BrNO3/c26-15-24(28)23(14-17-8-2-1-3-9-17)27-25(29)30-16-22-20-12-6-4-10-18(20)19-11-5-7-13-21(19)22/h1-13,22-23H,14-16H2,(H,27,29)/t23-/m0/s1. The Kier molecular flexibility index (Phi) is 6.29. The maximum atomic E-state index is 12.5. The molecule has 4 rings (SSSR count). The molecule has 1 N–H and O–H groups in total. The van der Waals surface area contributed by atoms with Gasteiger partial charge in [-0.1, -0.05) is 94.8 Å². The van der Waals surface area contributed by atoms with Crippen molar-refractivity contribution in [3.8, 4) is 11.1 Å². The highest BCUT2D eigenvalue weighted by atomic mass is 79.9. The second-order valence-electron chi connectivity index (χ2n) is 7.31. The zero-order valence-corrected chi connectivity index (χ0v) is 18.0. The highest BCUT2D eigenvalue weighted by Gasteiger charge is 2.29. The lowest BCUT2D eigenvalue weighted by atomic mass is 9.98. The van der Waals surface area contributed by atoms with Crippen molar-refractivity contribution in [2.24, 2.45) is 0 Å². The van der Waals surface area contributed by atoms with Crippen LogP contribution in [0.3, 0.4) is 0 Å². The molecular weight excluding hydrogens is 442 g/mol. The largest absolute Gasteiger partial charge is 0.449 e. The number of hydrogen-bond acceptors (Lipinski definition) is 3. The number of alkyl halides is 1. The third kappa shape index (κ3) is 4.31. The Labute approximate surface area is 184 Å². The van der Waals surface area contributed by atoms with Crippen LogP contribution in [0.15, 0.2) is 78.9 Å². The number of fused-ring (bicyclic) bond motifs is 3. The van der Waals surface area contributed by atoms with Gasteiger partial charge in [-0.15, -0.1) is 0 Å². The first-order valence-corrected chi connectivity index (χ1v) is 11.0. The molecule has 1 atom stereocenters. The first-order chi connectivity index (χ1) is 14.7. The highest BCUT2D eigenvalue weighted by molar-refractivity contribution is 9.09. The van der Waals surface area contributed by atoms with Gasteiger partial charge in [0, 0.05) is 5.92 Å². The summed E-state index contributed by atoms with van der Waals surface area (Å²) in [5.74, 6) is -0.102. The molecule has 3 aromatic rings. The van der Waals surface area contributed by atoms with Gasteiger partial charge in [-0.2, -0.15) is 0 Å². The van der Waals surface area contributed by atoms with Crippen molar-refractivity contribution in [1.29, 1.82) is 0 Å². The van der Waals surface area contributed by atoms with Gasteiger partial charge in [-0.25, -0.2) is 4.79 Å². The first kappa shape index (κ1) is 20.4. The second kappa shape index (κ2) is 9.26. The average Bonchev–Trinajstić information content (AvgIpc) is 3.11. The number of ether oxygens (including phenoxy) is 1. The van der Waals surface area contributed by atoms with Gasteiger partial charge in [-0.05, 0) is 34.2 Å². The maximum Gasteiger partial charge on any atom is 0.407 e. The number of carbonyl (C=O) groups is 2. The molecule has 1 amide bonds. The summed E-state index contributed by atoms with van der Waals surface area (Å²) < 4.78 is 5.58. The minimum atomic E-state index is -0.637. The number of benzene rings is 3. The predicted molar refractivity (Wildman–Crippen MR) is 121 cm³/mol. The summed E-state index contributed by atoms with van der Waals surface area (Å²) >= 11 is 3.21. The average molecular weight is 464 g/mol. The molecule has 0 aromatic heterocycles. The minimum absolute atomic E-state index is 0.0115. The van der Waals surface area contributed by atoms with Crippen molar-refractivity contribution in [3.63, 3.8) is 0 Å². The number of rotatable bonds is 7. The van der Waals surface area contributed by atoms with Gasteiger partial charge in [0.1, 0.15) is 6.61 Å². The predicted octanol–water partition coefficient (Wildman–Crippen LogP) is 5.10. The number of alkyl carbamates (subject to hydrolysis) is 1. The molecule has 0 radical (unpaired) electrons. The number of hydrogen-bond donors (Lipinski definition) is 1. The highest BCUT2D eigenvalue weighted by Crippen LogP contribution is 2.44. The Bertz CT molecular complexity index is 1010. The van der Waals surface area contributed by atoms with E-state index in [2.05, 4.69) is 45.5 Å². The number of carbonyl (C=O) groups excluding carboxylic acids is 2. The van der Waals surface area contributed by atoms with E-state index in [1.807, 2.05) is 54.6 Å². The summed E-state index contributed by atoms with van der Waals surface area (Å²) in [6.07, 6.45) is -0.151. The second-order valence-corrected chi connectivity index (χ2v) is 7.87. The molecule has 3 aromatic carbocycles. The summed E-state index contributed by atoms with van der Waals surface area (Å²) in [5.41, 5.74) is 5.65. The summed E-state index contributed by atoms with van der Waals surface area (Å²) in [6.45, 7) is 0.223. The third-order valence-electron chi connectivity index (χ3n) is 5.44. The van der Waals surface area contributed by atoms with Crippen molar-refractivity contribution in [2.45, 2.75) is 18.4 Å². The molecule has 0 saturated heterocycles. The lowest BCUT2D eigenvalue weighted by Crippen LogP contribution is -2.43. The van der Waals surface area contributed by atoms with Gasteiger partial charge in [0.05, 0.1) is 11.4 Å². The van der Waals surface area contributed by atoms with E-state index < -0.39 is 12.1 Å². The van der Waals surface area contributed by atoms with Crippen molar-refractivity contribution >= 4 is 27.8 Å². The van der Waals surface area contributed by atoms with E-state index in [-0.39, 0.29) is 23.6 Å². The van der Waals surface area contributed by atoms with E-state index in [0.717, 1.165) is 16.7 Å². The van der Waals surface area contributed by atoms with E-state index in [0.29, 0.717) is 6.42 Å². The van der Waals surface area contributed by atoms with Crippen LogP contribution in [-0.2, 0) is 16.0 Å². The number of ketones is 1. The van der Waals surface area contributed by atoms with Crippen LogP contribution < -0.4 is 5.32 Å². The van der Waals surface area contributed by atoms with Crippen molar-refractivity contribution < 1.29 is 14.3 Å². The fourth-order valence-electron chi connectivity index (χ4n) is 3.97. The van der Waals surface area contributed by atoms with Crippen LogP contribution >= 0.6 is 15.9 Å². The molecular formula is C25H22BrNO3. The molecule has 0 saturated carbocycles. The molecule has 0 heterocycles. The van der Waals surface area contributed by atoms with Crippen LogP contribution in [-0.4, -0.2) is 29.9 Å². The fourth-order valence-corrected chi connectivity index (χ4v) is 4.36. The summed E-state index contributed by atoms with van der Waals surface area (Å²) in [7, 11) is 0. The van der Waals surface area contributed by atoms with Crippen LogP contribution in [0.4, 0.5) is 4.79 Å². The Morgan fingerprint density at radius 2 is 1.43 bits per heavy atom. The molecule has 0 unspecified atom stereocenters. The molecule has 0 bridgehead atoms. The smallest absolute Gasteiger partial charge is 0.407 e. The monoisotopic (exact) mass is 463 g/mol. The summed E-state index contributed by atoms with van der Waals surface area (Å²) in [6, 6.07) is 25.4. The zero-order chi connectivity index (χ0) is 20.9. The van der Waals surface area contributed by atoms with Crippen LogP contribution in [0.25, 0.3) is 11.1 Å². The zero-order valence-electron chi connectivity index (χ0n) is 16.4. The topological polar surface area (TPSA) is 55.4 Å². The fraction of sp³-hybridized carbons (Fsp3) is 0.200. The van der Waals surface area contributed by atoms with E-state index >= 15 is 0 Å². The van der Waals surface area contributed by atoms with E-state index in [4.69, 9.17) is 4.74 Å². The van der Waals surface area contributed by atoms with E-state index in [1.165, 1.54) is 11.1 Å². The summed E-state index contributed by atoms with van der Waals surface area (Å²) in [4.78, 5) is 24.9. The van der Waals surface area contributed by atoms with Crippen LogP contribution in [0.1, 0.15) is 22.6 Å². The third-order valence-corrected chi connectivity index (χ3v) is 5.99. The molecule has 1 aliphatic rings. The van der Waals surface area contributed by atoms with Crippen molar-refractivity contribution in [3.05, 3.63) is 95.6 Å². The first-order valence-electron chi connectivity index (χ1n) is 9.91. The molecule has 0 aliphatic heterocycles. The number of nitrogens with one attached hydrogen (secondary N) is 1. The molecule has 0 spiro atoms. The molecule has 0 fully saturated rings. The maximum absolute atomic E-state index is 12.5. The Morgan fingerprint density at radius 1 is 0.867 bits per heavy atom. The number of Topliss-reactive ketones (excluding diaryl/α,β-unsaturated/α-hetero) is 1. The molecule has 152 valence electrons. The Hall–Kier alpha value is -2.92. The van der Waals surface area contributed by atoms with Crippen LogP contribution in [0.5, 0.6) is 0 Å². The van der Waals surface area contributed by atoms with E-state index in [9.17, 15) is 9.59 Å². The molecule has 4 nitrogen and oxygen atoms in total. The van der Waals surface area contributed by atoms with Crippen molar-refractivity contribution in [1.82, 2.24) is 5.32 Å². The normalized spacial score (nSPS) is 13.2. The van der Waals surface area contributed by atoms with Gasteiger partial charge in [-0.3, -0.25) is 4.79 Å². The van der Waals surface area contributed by atoms with Crippen LogP contribution in [0.2, 0.25) is 0 Å². The lowest BCUT2D eigenvalue weighted by molar-refractivity contribution is -0.118. The molecule has 30 heavy (non-hydrogen) atoms. The van der Waals surface area contributed by atoms with Crippen LogP contribution in [0, 0.1) is 0 Å². The van der Waals surface area contributed by atoms with E-state index in [1.54, 1.807) is 0 Å². The minimum Gasteiger partial charge on any atom is -0.449 e.